The summed E-state index contributed by atoms with van der Waals surface area (Å²) in [6.45, 7) is 5.25. The Bertz CT molecular complexity index is 302. The van der Waals surface area contributed by atoms with Gasteiger partial charge in [0.1, 0.15) is 0 Å². The Hall–Kier alpha value is -0.650. The Morgan fingerprint density at radius 1 is 1.79 bits per heavy atom. The maximum absolute atomic E-state index is 5.55. The van der Waals surface area contributed by atoms with E-state index in [9.17, 15) is 0 Å². The smallest absolute Gasteiger partial charge is 0.185 e. The number of hydrogen-bond donors (Lipinski definition) is 1. The van der Waals surface area contributed by atoms with Gasteiger partial charge in [-0.05, 0) is 6.92 Å². The Labute approximate surface area is 87.7 Å². The van der Waals surface area contributed by atoms with Crippen LogP contribution in [0.5, 0.6) is 0 Å². The van der Waals surface area contributed by atoms with Crippen molar-refractivity contribution in [2.75, 3.05) is 24.7 Å². The van der Waals surface area contributed by atoms with Gasteiger partial charge in [0, 0.05) is 24.2 Å². The number of nitrogens with two attached hydrogens (primary N) is 1. The first-order valence-corrected chi connectivity index (χ1v) is 5.62. The summed E-state index contributed by atoms with van der Waals surface area (Å²) < 4.78 is 5.38. The molecule has 1 saturated heterocycles. The first kappa shape index (κ1) is 9.89. The van der Waals surface area contributed by atoms with Crippen LogP contribution in [0.1, 0.15) is 11.8 Å². The fourth-order valence-corrected chi connectivity index (χ4v) is 2.45. The van der Waals surface area contributed by atoms with Crippen molar-refractivity contribution in [3.63, 3.8) is 0 Å². The molecule has 2 heterocycles. The second-order valence-corrected chi connectivity index (χ2v) is 4.52. The fraction of sp³-hybridized carbons (Fsp3) is 0.667. The van der Waals surface area contributed by atoms with Crippen LogP contribution in [0.15, 0.2) is 6.20 Å². The molecule has 14 heavy (non-hydrogen) atoms. The quantitative estimate of drug-likeness (QED) is 0.790. The van der Waals surface area contributed by atoms with Gasteiger partial charge in [-0.15, -0.1) is 11.3 Å². The molecule has 0 saturated carbocycles. The van der Waals surface area contributed by atoms with E-state index in [2.05, 4.69) is 16.8 Å². The summed E-state index contributed by atoms with van der Waals surface area (Å²) in [7, 11) is 0. The van der Waals surface area contributed by atoms with E-state index in [1.165, 1.54) is 0 Å². The maximum Gasteiger partial charge on any atom is 0.185 e. The van der Waals surface area contributed by atoms with Crippen molar-refractivity contribution in [3.05, 3.63) is 11.1 Å². The summed E-state index contributed by atoms with van der Waals surface area (Å²) in [5.74, 6) is 0. The van der Waals surface area contributed by atoms with Gasteiger partial charge >= 0.3 is 0 Å². The van der Waals surface area contributed by atoms with Crippen molar-refractivity contribution >= 4 is 16.5 Å². The number of ether oxygens (including phenoxy) is 1. The van der Waals surface area contributed by atoms with Crippen LogP contribution in [0.25, 0.3) is 0 Å². The lowest BCUT2D eigenvalue weighted by Gasteiger charge is -2.32. The average Bonchev–Trinajstić information content (AvgIpc) is 2.67. The molecule has 2 N–H and O–H groups in total. The van der Waals surface area contributed by atoms with E-state index >= 15 is 0 Å². The Kier molecular flexibility index (Phi) is 3.00. The zero-order valence-electron chi connectivity index (χ0n) is 8.27. The molecule has 0 amide bonds. The number of rotatable bonds is 2. The Morgan fingerprint density at radius 3 is 3.29 bits per heavy atom. The predicted octanol–water partition coefficient (Wildman–Crippen LogP) is 0.827. The highest BCUT2D eigenvalue weighted by Crippen LogP contribution is 2.25. The van der Waals surface area contributed by atoms with Crippen molar-refractivity contribution in [1.29, 1.82) is 0 Å². The third-order valence-corrected chi connectivity index (χ3v) is 3.41. The molecule has 0 aromatic carbocycles. The second kappa shape index (κ2) is 4.25. The molecule has 1 fully saturated rings. The highest BCUT2D eigenvalue weighted by atomic mass is 32.1. The average molecular weight is 213 g/mol. The Balaban J connectivity index is 2.12. The van der Waals surface area contributed by atoms with Crippen molar-refractivity contribution in [2.45, 2.75) is 19.5 Å². The van der Waals surface area contributed by atoms with Gasteiger partial charge in [0.15, 0.2) is 5.13 Å². The largest absolute Gasteiger partial charge is 0.377 e. The van der Waals surface area contributed by atoms with E-state index in [0.717, 1.165) is 29.8 Å². The molecule has 0 aliphatic carbocycles. The summed E-state index contributed by atoms with van der Waals surface area (Å²) in [6.07, 6.45) is 1.86. The first-order chi connectivity index (χ1) is 6.81. The van der Waals surface area contributed by atoms with Gasteiger partial charge in [0.05, 0.1) is 19.3 Å². The summed E-state index contributed by atoms with van der Waals surface area (Å²) in [5.41, 5.74) is 5.55. The van der Waals surface area contributed by atoms with Crippen molar-refractivity contribution in [1.82, 2.24) is 4.98 Å². The van der Waals surface area contributed by atoms with Gasteiger partial charge < -0.3 is 15.4 Å². The summed E-state index contributed by atoms with van der Waals surface area (Å²) in [4.78, 5) is 7.79. The van der Waals surface area contributed by atoms with Crippen LogP contribution in [0, 0.1) is 0 Å². The minimum absolute atomic E-state index is 0.417. The van der Waals surface area contributed by atoms with Crippen LogP contribution in [-0.4, -0.2) is 30.8 Å². The van der Waals surface area contributed by atoms with Gasteiger partial charge in [-0.1, -0.05) is 0 Å². The van der Waals surface area contributed by atoms with Crippen LogP contribution < -0.4 is 10.6 Å². The first-order valence-electron chi connectivity index (χ1n) is 4.80. The van der Waals surface area contributed by atoms with Gasteiger partial charge in [-0.2, -0.15) is 0 Å². The molecule has 1 unspecified atom stereocenters. The van der Waals surface area contributed by atoms with Crippen molar-refractivity contribution < 1.29 is 4.74 Å². The number of morpholine rings is 1. The van der Waals surface area contributed by atoms with Gasteiger partial charge in [0.25, 0.3) is 0 Å². The van der Waals surface area contributed by atoms with Crippen molar-refractivity contribution in [3.8, 4) is 0 Å². The van der Waals surface area contributed by atoms with E-state index < -0.39 is 0 Å². The fourth-order valence-electron chi connectivity index (χ4n) is 1.54. The molecule has 78 valence electrons. The van der Waals surface area contributed by atoms with E-state index in [4.69, 9.17) is 10.5 Å². The highest BCUT2D eigenvalue weighted by Gasteiger charge is 2.21. The third-order valence-electron chi connectivity index (χ3n) is 2.36. The molecule has 2 rings (SSSR count). The molecule has 0 radical (unpaired) electrons. The summed E-state index contributed by atoms with van der Waals surface area (Å²) in [5, 5.41) is 1.07. The standard InChI is InChI=1S/C9H15N3OS/c1-7-6-13-3-2-12(7)9-11-5-8(4-10)14-9/h5,7H,2-4,6,10H2,1H3. The van der Waals surface area contributed by atoms with Crippen LogP contribution >= 0.6 is 11.3 Å². The monoisotopic (exact) mass is 213 g/mol. The highest BCUT2D eigenvalue weighted by molar-refractivity contribution is 7.15. The molecular formula is C9H15N3OS. The third kappa shape index (κ3) is 1.89. The number of anilines is 1. The molecule has 5 heteroatoms. The lowest BCUT2D eigenvalue weighted by atomic mass is 10.3. The second-order valence-electron chi connectivity index (χ2n) is 3.43. The molecular weight excluding hydrogens is 198 g/mol. The molecule has 1 aliphatic rings. The van der Waals surface area contributed by atoms with Crippen LogP contribution in [0.2, 0.25) is 0 Å². The van der Waals surface area contributed by atoms with Crippen LogP contribution in [0.3, 0.4) is 0 Å². The van der Waals surface area contributed by atoms with Crippen LogP contribution in [0.4, 0.5) is 5.13 Å². The van der Waals surface area contributed by atoms with Gasteiger partial charge in [-0.25, -0.2) is 4.98 Å². The maximum atomic E-state index is 5.55. The van der Waals surface area contributed by atoms with Gasteiger partial charge in [-0.3, -0.25) is 0 Å². The Morgan fingerprint density at radius 2 is 2.64 bits per heavy atom. The molecule has 0 bridgehead atoms. The van der Waals surface area contributed by atoms with E-state index in [0.29, 0.717) is 12.6 Å². The zero-order valence-corrected chi connectivity index (χ0v) is 9.09. The zero-order chi connectivity index (χ0) is 9.97. The van der Waals surface area contributed by atoms with Crippen LogP contribution in [-0.2, 0) is 11.3 Å². The normalized spacial score (nSPS) is 22.7. The lowest BCUT2D eigenvalue weighted by Crippen LogP contribution is -2.43. The number of nitrogens with zero attached hydrogens (tertiary/aromatic N) is 2. The number of thiazole rings is 1. The number of aromatic nitrogens is 1. The summed E-state index contributed by atoms with van der Waals surface area (Å²) in [6, 6.07) is 0.417. The summed E-state index contributed by atoms with van der Waals surface area (Å²) >= 11 is 1.68. The predicted molar refractivity (Wildman–Crippen MR) is 57.6 cm³/mol. The molecule has 0 spiro atoms. The molecule has 1 aliphatic heterocycles. The topological polar surface area (TPSA) is 51.4 Å². The molecule has 1 aromatic rings. The molecule has 1 atom stereocenters. The lowest BCUT2D eigenvalue weighted by molar-refractivity contribution is 0.0989. The molecule has 1 aromatic heterocycles. The number of hydrogen-bond acceptors (Lipinski definition) is 5. The van der Waals surface area contributed by atoms with Gasteiger partial charge in [0.2, 0.25) is 0 Å². The van der Waals surface area contributed by atoms with E-state index in [1.54, 1.807) is 11.3 Å². The minimum atomic E-state index is 0.417. The van der Waals surface area contributed by atoms with E-state index in [1.807, 2.05) is 6.20 Å². The minimum Gasteiger partial charge on any atom is -0.377 e. The SMILES string of the molecule is CC1COCCN1c1ncc(CN)s1. The van der Waals surface area contributed by atoms with E-state index in [-0.39, 0.29) is 0 Å². The molecule has 4 nitrogen and oxygen atoms in total. The van der Waals surface area contributed by atoms with Crippen molar-refractivity contribution in [2.24, 2.45) is 5.73 Å².